The molecule has 1 unspecified atom stereocenters. The maximum absolute atomic E-state index is 12.5. The zero-order valence-electron chi connectivity index (χ0n) is 13.7. The first kappa shape index (κ1) is 15.3. The third-order valence-electron chi connectivity index (χ3n) is 4.88. The molecule has 1 saturated heterocycles. The highest BCUT2D eigenvalue weighted by Gasteiger charge is 2.25. The van der Waals surface area contributed by atoms with Gasteiger partial charge in [0.05, 0.1) is 18.2 Å². The summed E-state index contributed by atoms with van der Waals surface area (Å²) >= 11 is 0. The number of fused-ring (bicyclic) bond motifs is 1. The molecule has 0 bridgehead atoms. The maximum Gasteiger partial charge on any atom is 0.227 e. The molecule has 5 nitrogen and oxygen atoms in total. The van der Waals surface area contributed by atoms with Gasteiger partial charge in [0, 0.05) is 31.3 Å². The minimum Gasteiger partial charge on any atom is -0.338 e. The summed E-state index contributed by atoms with van der Waals surface area (Å²) in [5.74, 6) is 1.09. The van der Waals surface area contributed by atoms with Gasteiger partial charge >= 0.3 is 0 Å². The minimum absolute atomic E-state index is 0.174. The average molecular weight is 322 g/mol. The number of benzene rings is 1. The summed E-state index contributed by atoms with van der Waals surface area (Å²) in [4.78, 5) is 23.8. The SMILES string of the molecule is O=C(Cc1ccccc1)N1CCc2nc(C3CCCN3)ncc2C1. The molecule has 0 aliphatic carbocycles. The lowest BCUT2D eigenvalue weighted by Crippen LogP contribution is -2.37. The molecule has 1 fully saturated rings. The molecule has 124 valence electrons. The Morgan fingerprint density at radius 2 is 2.17 bits per heavy atom. The van der Waals surface area contributed by atoms with Gasteiger partial charge in [0.25, 0.3) is 0 Å². The molecule has 2 aliphatic rings. The number of nitrogens with one attached hydrogen (secondary N) is 1. The van der Waals surface area contributed by atoms with E-state index in [0.29, 0.717) is 19.0 Å². The fourth-order valence-corrected chi connectivity index (χ4v) is 3.50. The number of carbonyl (C=O) groups is 1. The molecular formula is C19H22N4O. The van der Waals surface area contributed by atoms with Crippen LogP contribution in [0.2, 0.25) is 0 Å². The zero-order chi connectivity index (χ0) is 16.4. The van der Waals surface area contributed by atoms with Gasteiger partial charge in [-0.2, -0.15) is 0 Å². The summed E-state index contributed by atoms with van der Waals surface area (Å²) in [5, 5.41) is 3.44. The van der Waals surface area contributed by atoms with Crippen molar-refractivity contribution in [1.29, 1.82) is 0 Å². The Morgan fingerprint density at radius 1 is 1.29 bits per heavy atom. The Kier molecular flexibility index (Phi) is 4.26. The molecule has 1 atom stereocenters. The summed E-state index contributed by atoms with van der Waals surface area (Å²) in [6.07, 6.45) is 5.49. The molecule has 0 spiro atoms. The first-order chi connectivity index (χ1) is 11.8. The van der Waals surface area contributed by atoms with Crippen molar-refractivity contribution in [3.8, 4) is 0 Å². The summed E-state index contributed by atoms with van der Waals surface area (Å²) in [6, 6.07) is 10.2. The van der Waals surface area contributed by atoms with E-state index in [-0.39, 0.29) is 5.91 Å². The smallest absolute Gasteiger partial charge is 0.227 e. The lowest BCUT2D eigenvalue weighted by molar-refractivity contribution is -0.131. The van der Waals surface area contributed by atoms with Crippen LogP contribution in [0.3, 0.4) is 0 Å². The van der Waals surface area contributed by atoms with Gasteiger partial charge in [-0.05, 0) is 24.9 Å². The van der Waals surface area contributed by atoms with Gasteiger partial charge in [-0.1, -0.05) is 30.3 Å². The van der Waals surface area contributed by atoms with Gasteiger partial charge in [0.15, 0.2) is 0 Å². The van der Waals surface area contributed by atoms with Crippen LogP contribution < -0.4 is 5.32 Å². The van der Waals surface area contributed by atoms with E-state index < -0.39 is 0 Å². The average Bonchev–Trinajstić information content (AvgIpc) is 3.16. The summed E-state index contributed by atoms with van der Waals surface area (Å²) in [6.45, 7) is 2.42. The van der Waals surface area contributed by atoms with Crippen molar-refractivity contribution in [1.82, 2.24) is 20.2 Å². The first-order valence-corrected chi connectivity index (χ1v) is 8.69. The second-order valence-corrected chi connectivity index (χ2v) is 6.58. The maximum atomic E-state index is 12.5. The minimum atomic E-state index is 0.174. The number of nitrogens with zero attached hydrogens (tertiary/aromatic N) is 3. The highest BCUT2D eigenvalue weighted by molar-refractivity contribution is 5.79. The van der Waals surface area contributed by atoms with Gasteiger partial charge in [-0.3, -0.25) is 4.79 Å². The number of carbonyl (C=O) groups excluding carboxylic acids is 1. The molecule has 24 heavy (non-hydrogen) atoms. The monoisotopic (exact) mass is 322 g/mol. The summed E-state index contributed by atoms with van der Waals surface area (Å²) in [5.41, 5.74) is 3.26. The molecule has 2 aromatic rings. The molecule has 0 saturated carbocycles. The Bertz CT molecular complexity index is 725. The standard InChI is InChI=1S/C19H22N4O/c24-18(11-14-5-2-1-3-6-14)23-10-8-16-15(13-23)12-21-19(22-16)17-7-4-9-20-17/h1-3,5-6,12,17,20H,4,7-11,13H2. The normalized spacial score (nSPS) is 20.0. The Balaban J connectivity index is 1.44. The van der Waals surface area contributed by atoms with Gasteiger partial charge < -0.3 is 10.2 Å². The van der Waals surface area contributed by atoms with Crippen LogP contribution in [0.15, 0.2) is 36.5 Å². The summed E-state index contributed by atoms with van der Waals surface area (Å²) < 4.78 is 0. The molecular weight excluding hydrogens is 300 g/mol. The number of amides is 1. The van der Waals surface area contributed by atoms with Crippen LogP contribution in [0.25, 0.3) is 0 Å². The number of hydrogen-bond acceptors (Lipinski definition) is 4. The largest absolute Gasteiger partial charge is 0.338 e. The topological polar surface area (TPSA) is 58.1 Å². The Labute approximate surface area is 142 Å². The quantitative estimate of drug-likeness (QED) is 0.939. The number of rotatable bonds is 3. The highest BCUT2D eigenvalue weighted by atomic mass is 16.2. The molecule has 1 amide bonds. The van der Waals surface area contributed by atoms with E-state index in [1.807, 2.05) is 41.4 Å². The lowest BCUT2D eigenvalue weighted by Gasteiger charge is -2.28. The Morgan fingerprint density at radius 3 is 2.96 bits per heavy atom. The Hall–Kier alpha value is -2.27. The van der Waals surface area contributed by atoms with Gasteiger partial charge in [0.2, 0.25) is 5.91 Å². The summed E-state index contributed by atoms with van der Waals surface area (Å²) in [7, 11) is 0. The van der Waals surface area contributed by atoms with Crippen molar-refractivity contribution in [3.05, 3.63) is 59.2 Å². The van der Waals surface area contributed by atoms with E-state index in [9.17, 15) is 4.79 Å². The van der Waals surface area contributed by atoms with E-state index in [2.05, 4.69) is 10.3 Å². The van der Waals surface area contributed by atoms with E-state index in [1.165, 1.54) is 6.42 Å². The fourth-order valence-electron chi connectivity index (χ4n) is 3.50. The van der Waals surface area contributed by atoms with Crippen LogP contribution in [-0.2, 0) is 24.2 Å². The third kappa shape index (κ3) is 3.17. The molecule has 1 aromatic carbocycles. The molecule has 1 N–H and O–H groups in total. The zero-order valence-corrected chi connectivity index (χ0v) is 13.7. The number of aromatic nitrogens is 2. The van der Waals surface area contributed by atoms with Gasteiger partial charge in [0.1, 0.15) is 5.82 Å². The van der Waals surface area contributed by atoms with Crippen molar-refractivity contribution >= 4 is 5.91 Å². The fraction of sp³-hybridized carbons (Fsp3) is 0.421. The molecule has 3 heterocycles. The van der Waals surface area contributed by atoms with Gasteiger partial charge in [-0.15, -0.1) is 0 Å². The van der Waals surface area contributed by atoms with E-state index >= 15 is 0 Å². The van der Waals surface area contributed by atoms with Crippen LogP contribution in [0.5, 0.6) is 0 Å². The van der Waals surface area contributed by atoms with Gasteiger partial charge in [-0.25, -0.2) is 9.97 Å². The van der Waals surface area contributed by atoms with Crippen LogP contribution in [0.4, 0.5) is 0 Å². The highest BCUT2D eigenvalue weighted by Crippen LogP contribution is 2.23. The second kappa shape index (κ2) is 6.69. The predicted molar refractivity (Wildman–Crippen MR) is 91.3 cm³/mol. The van der Waals surface area contributed by atoms with Crippen molar-refractivity contribution < 1.29 is 4.79 Å². The van der Waals surface area contributed by atoms with Crippen molar-refractivity contribution in [2.45, 2.75) is 38.3 Å². The molecule has 0 radical (unpaired) electrons. The molecule has 2 aliphatic heterocycles. The van der Waals surface area contributed by atoms with E-state index in [1.54, 1.807) is 0 Å². The van der Waals surface area contributed by atoms with Crippen molar-refractivity contribution in [2.75, 3.05) is 13.1 Å². The third-order valence-corrected chi connectivity index (χ3v) is 4.88. The molecule has 5 heteroatoms. The second-order valence-electron chi connectivity index (χ2n) is 6.58. The molecule has 1 aromatic heterocycles. The molecule has 4 rings (SSSR count). The van der Waals surface area contributed by atoms with E-state index in [0.717, 1.165) is 48.6 Å². The van der Waals surface area contributed by atoms with Crippen LogP contribution in [0.1, 0.15) is 41.5 Å². The lowest BCUT2D eigenvalue weighted by atomic mass is 10.0. The number of hydrogen-bond donors (Lipinski definition) is 1. The van der Waals surface area contributed by atoms with Crippen LogP contribution in [0, 0.1) is 0 Å². The first-order valence-electron chi connectivity index (χ1n) is 8.69. The van der Waals surface area contributed by atoms with E-state index in [4.69, 9.17) is 4.98 Å². The van der Waals surface area contributed by atoms with Crippen LogP contribution >= 0.6 is 0 Å². The predicted octanol–water partition coefficient (Wildman–Crippen LogP) is 2.03. The van der Waals surface area contributed by atoms with Crippen molar-refractivity contribution in [3.63, 3.8) is 0 Å². The van der Waals surface area contributed by atoms with Crippen LogP contribution in [-0.4, -0.2) is 33.9 Å². The van der Waals surface area contributed by atoms with Crippen molar-refractivity contribution in [2.24, 2.45) is 0 Å².